The highest BCUT2D eigenvalue weighted by molar-refractivity contribution is 5.92. The van der Waals surface area contributed by atoms with Gasteiger partial charge in [0, 0.05) is 11.8 Å². The fraction of sp³-hybridized carbons (Fsp3) is 0. The van der Waals surface area contributed by atoms with Gasteiger partial charge in [0.1, 0.15) is 0 Å². The number of hydrogen-bond donors (Lipinski definition) is 2. The van der Waals surface area contributed by atoms with E-state index in [2.05, 4.69) is 15.4 Å². The first kappa shape index (κ1) is 9.91. The van der Waals surface area contributed by atoms with Crippen LogP contribution in [-0.2, 0) is 0 Å². The van der Waals surface area contributed by atoms with E-state index in [1.807, 2.05) is 6.07 Å². The number of H-pyrrole nitrogens is 1. The van der Waals surface area contributed by atoms with Crippen LogP contribution >= 0.6 is 0 Å². The Morgan fingerprint density at radius 1 is 1.29 bits per heavy atom. The molecule has 0 aliphatic carbocycles. The third-order valence-electron chi connectivity index (χ3n) is 1.39. The van der Waals surface area contributed by atoms with E-state index in [-0.39, 0.29) is 5.91 Å². The molecular weight excluding hydrogens is 180 g/mol. The second-order valence-electron chi connectivity index (χ2n) is 2.39. The molecule has 2 rings (SSSR count). The van der Waals surface area contributed by atoms with E-state index in [9.17, 15) is 4.79 Å². The highest BCUT2D eigenvalue weighted by atomic mass is 16.1. The molecule has 5 nitrogen and oxygen atoms in total. The summed E-state index contributed by atoms with van der Waals surface area (Å²) in [6.45, 7) is 0. The van der Waals surface area contributed by atoms with Crippen LogP contribution in [0.15, 0.2) is 42.7 Å². The molecule has 72 valence electrons. The maximum Gasteiger partial charge on any atom is 0.248 e. The van der Waals surface area contributed by atoms with E-state index >= 15 is 0 Å². The lowest BCUT2D eigenvalue weighted by atomic mass is 10.2. The number of amides is 1. The van der Waals surface area contributed by atoms with E-state index in [1.165, 1.54) is 0 Å². The molecule has 1 amide bonds. The first-order valence-electron chi connectivity index (χ1n) is 3.96. The highest BCUT2D eigenvalue weighted by Crippen LogP contribution is 1.94. The molecule has 0 radical (unpaired) electrons. The van der Waals surface area contributed by atoms with Crippen molar-refractivity contribution in [2.75, 3.05) is 0 Å². The largest absolute Gasteiger partial charge is 0.366 e. The molecule has 1 aromatic carbocycles. The quantitative estimate of drug-likeness (QED) is 0.690. The van der Waals surface area contributed by atoms with Crippen molar-refractivity contribution < 1.29 is 4.79 Å². The van der Waals surface area contributed by atoms with Gasteiger partial charge >= 0.3 is 0 Å². The van der Waals surface area contributed by atoms with Crippen LogP contribution in [0.1, 0.15) is 10.4 Å². The van der Waals surface area contributed by atoms with Crippen LogP contribution in [0.25, 0.3) is 0 Å². The monoisotopic (exact) mass is 190 g/mol. The maximum absolute atomic E-state index is 10.4. The minimum atomic E-state index is -0.379. The number of nitrogens with one attached hydrogen (secondary N) is 1. The Hall–Kier alpha value is -2.17. The van der Waals surface area contributed by atoms with Crippen molar-refractivity contribution in [3.8, 4) is 0 Å². The molecule has 0 aliphatic heterocycles. The standard InChI is InChI=1S/C7H7NO.C2H3N3/c8-7(9)6-4-2-1-3-5-6;1-2-4-5-3-1/h1-5H,(H2,8,9);1-2H,(H,3,4,5). The summed E-state index contributed by atoms with van der Waals surface area (Å²) >= 11 is 0. The van der Waals surface area contributed by atoms with Crippen molar-refractivity contribution in [3.05, 3.63) is 48.3 Å². The van der Waals surface area contributed by atoms with E-state index in [1.54, 1.807) is 36.7 Å². The van der Waals surface area contributed by atoms with Gasteiger partial charge in [-0.1, -0.05) is 23.4 Å². The van der Waals surface area contributed by atoms with E-state index in [0.29, 0.717) is 5.56 Å². The van der Waals surface area contributed by atoms with Crippen LogP contribution in [0.2, 0.25) is 0 Å². The summed E-state index contributed by atoms with van der Waals surface area (Å²) in [6, 6.07) is 8.76. The Morgan fingerprint density at radius 3 is 2.29 bits per heavy atom. The Kier molecular flexibility index (Phi) is 3.87. The van der Waals surface area contributed by atoms with Crippen LogP contribution in [0, 0.1) is 0 Å². The zero-order valence-corrected chi connectivity index (χ0v) is 7.42. The molecule has 0 atom stereocenters. The zero-order chi connectivity index (χ0) is 10.2. The second-order valence-corrected chi connectivity index (χ2v) is 2.39. The fourth-order valence-electron chi connectivity index (χ4n) is 0.769. The molecular formula is C9H10N4O. The molecule has 1 aromatic heterocycles. The van der Waals surface area contributed by atoms with Crippen molar-refractivity contribution in [1.82, 2.24) is 15.4 Å². The first-order chi connectivity index (χ1) is 6.80. The lowest BCUT2D eigenvalue weighted by Gasteiger charge is -1.89. The van der Waals surface area contributed by atoms with E-state index in [4.69, 9.17) is 5.73 Å². The maximum atomic E-state index is 10.4. The van der Waals surface area contributed by atoms with Crippen molar-refractivity contribution in [3.63, 3.8) is 0 Å². The first-order valence-corrected chi connectivity index (χ1v) is 3.96. The fourth-order valence-corrected chi connectivity index (χ4v) is 0.769. The van der Waals surface area contributed by atoms with Gasteiger partial charge in [0.05, 0.1) is 6.20 Å². The molecule has 0 fully saturated rings. The van der Waals surface area contributed by atoms with Crippen molar-refractivity contribution in [2.24, 2.45) is 5.73 Å². The van der Waals surface area contributed by atoms with Crippen LogP contribution < -0.4 is 5.73 Å². The average Bonchev–Trinajstić information content (AvgIpc) is 2.77. The van der Waals surface area contributed by atoms with Gasteiger partial charge in [-0.2, -0.15) is 0 Å². The number of primary amides is 1. The summed E-state index contributed by atoms with van der Waals surface area (Å²) < 4.78 is 0. The Labute approximate surface area is 80.9 Å². The number of carbonyl (C=O) groups excluding carboxylic acids is 1. The highest BCUT2D eigenvalue weighted by Gasteiger charge is 1.93. The van der Waals surface area contributed by atoms with E-state index < -0.39 is 0 Å². The number of benzene rings is 1. The summed E-state index contributed by atoms with van der Waals surface area (Å²) in [5.74, 6) is -0.379. The third kappa shape index (κ3) is 3.48. The number of hydrogen-bond acceptors (Lipinski definition) is 3. The van der Waals surface area contributed by atoms with Crippen LogP contribution in [-0.4, -0.2) is 21.3 Å². The molecule has 0 bridgehead atoms. The van der Waals surface area contributed by atoms with Crippen LogP contribution in [0.5, 0.6) is 0 Å². The van der Waals surface area contributed by atoms with Gasteiger partial charge in [-0.05, 0) is 12.1 Å². The number of nitrogens with zero attached hydrogens (tertiary/aromatic N) is 2. The van der Waals surface area contributed by atoms with Crippen molar-refractivity contribution >= 4 is 5.91 Å². The van der Waals surface area contributed by atoms with Gasteiger partial charge in [0.2, 0.25) is 5.91 Å². The number of rotatable bonds is 1. The molecule has 0 spiro atoms. The predicted octanol–water partition coefficient (Wildman–Crippen LogP) is 0.590. The normalized spacial score (nSPS) is 8.57. The molecule has 2 aromatic rings. The molecule has 1 heterocycles. The van der Waals surface area contributed by atoms with Gasteiger partial charge in [-0.15, -0.1) is 5.10 Å². The van der Waals surface area contributed by atoms with Gasteiger partial charge < -0.3 is 5.73 Å². The SMILES string of the molecule is NC(=O)c1ccccc1.c1c[nH]nn1. The number of aromatic nitrogens is 3. The lowest BCUT2D eigenvalue weighted by Crippen LogP contribution is -2.09. The minimum Gasteiger partial charge on any atom is -0.366 e. The summed E-state index contributed by atoms with van der Waals surface area (Å²) in [5, 5.41) is 9.26. The number of carbonyl (C=O) groups is 1. The number of aromatic amines is 1. The Morgan fingerprint density at radius 2 is 2.00 bits per heavy atom. The Bertz CT molecular complexity index is 340. The van der Waals surface area contributed by atoms with Crippen molar-refractivity contribution in [1.29, 1.82) is 0 Å². The summed E-state index contributed by atoms with van der Waals surface area (Å²) in [6.07, 6.45) is 3.24. The molecule has 0 saturated heterocycles. The van der Waals surface area contributed by atoms with Gasteiger partial charge in [-0.25, -0.2) is 0 Å². The minimum absolute atomic E-state index is 0.379. The van der Waals surface area contributed by atoms with Crippen LogP contribution in [0.4, 0.5) is 0 Å². The topological polar surface area (TPSA) is 84.7 Å². The summed E-state index contributed by atoms with van der Waals surface area (Å²) in [4.78, 5) is 10.4. The van der Waals surface area contributed by atoms with Gasteiger partial charge in [0.15, 0.2) is 0 Å². The van der Waals surface area contributed by atoms with Crippen LogP contribution in [0.3, 0.4) is 0 Å². The van der Waals surface area contributed by atoms with Gasteiger partial charge in [0.25, 0.3) is 0 Å². The molecule has 3 N–H and O–H groups in total. The van der Waals surface area contributed by atoms with E-state index in [0.717, 1.165) is 0 Å². The summed E-state index contributed by atoms with van der Waals surface area (Å²) in [5.41, 5.74) is 5.53. The molecule has 0 aliphatic rings. The molecule has 5 heteroatoms. The third-order valence-corrected chi connectivity index (χ3v) is 1.39. The Balaban J connectivity index is 0.000000165. The molecule has 0 saturated carbocycles. The zero-order valence-electron chi connectivity index (χ0n) is 7.42. The average molecular weight is 190 g/mol. The second kappa shape index (κ2) is 5.47. The smallest absolute Gasteiger partial charge is 0.248 e. The lowest BCUT2D eigenvalue weighted by molar-refractivity contribution is 0.100. The summed E-state index contributed by atoms with van der Waals surface area (Å²) in [7, 11) is 0. The number of nitrogens with two attached hydrogens (primary N) is 1. The molecule has 0 unspecified atom stereocenters. The predicted molar refractivity (Wildman–Crippen MR) is 51.3 cm³/mol. The van der Waals surface area contributed by atoms with Crippen molar-refractivity contribution in [2.45, 2.75) is 0 Å². The molecule has 14 heavy (non-hydrogen) atoms. The van der Waals surface area contributed by atoms with Gasteiger partial charge in [-0.3, -0.25) is 9.89 Å².